The van der Waals surface area contributed by atoms with Gasteiger partial charge in [-0.25, -0.2) is 9.78 Å². The zero-order chi connectivity index (χ0) is 24.8. The molecule has 0 unspecified atom stereocenters. The molecule has 0 fully saturated rings. The third-order valence-electron chi connectivity index (χ3n) is 6.28. The minimum atomic E-state index is -0.438. The number of halogens is 1. The second kappa shape index (κ2) is 16.2. The maximum Gasteiger partial charge on any atom is 0.329 e. The highest BCUT2D eigenvalue weighted by Gasteiger charge is 2.17. The van der Waals surface area contributed by atoms with Gasteiger partial charge in [0.15, 0.2) is 16.3 Å². The first-order valence-electron chi connectivity index (χ1n) is 13.1. The topological polar surface area (TPSA) is 72.7 Å². The van der Waals surface area contributed by atoms with Crippen LogP contribution in [0.15, 0.2) is 25.9 Å². The summed E-state index contributed by atoms with van der Waals surface area (Å²) in [6.45, 7) is 4.83. The number of allylic oxidation sites excluding steroid dienone is 1. The van der Waals surface area contributed by atoms with Gasteiger partial charge in [0.1, 0.15) is 0 Å². The van der Waals surface area contributed by atoms with Crippen molar-refractivity contribution >= 4 is 34.5 Å². The predicted octanol–water partition coefficient (Wildman–Crippen LogP) is 7.14. The van der Waals surface area contributed by atoms with Crippen LogP contribution in [0.4, 0.5) is 0 Å². The fourth-order valence-electron chi connectivity index (χ4n) is 4.23. The molecular formula is C26H43ClN4O2S. The highest BCUT2D eigenvalue weighted by molar-refractivity contribution is 7.99. The van der Waals surface area contributed by atoms with Gasteiger partial charge in [-0.1, -0.05) is 120 Å². The van der Waals surface area contributed by atoms with Crippen LogP contribution in [0.3, 0.4) is 0 Å². The van der Waals surface area contributed by atoms with Crippen molar-refractivity contribution in [1.82, 2.24) is 19.1 Å². The Bertz CT molecular complexity index is 1000. The van der Waals surface area contributed by atoms with Gasteiger partial charge in [0, 0.05) is 24.4 Å². The first-order valence-corrected chi connectivity index (χ1v) is 14.5. The highest BCUT2D eigenvalue weighted by Crippen LogP contribution is 2.23. The Labute approximate surface area is 213 Å². The van der Waals surface area contributed by atoms with E-state index in [0.717, 1.165) is 29.6 Å². The van der Waals surface area contributed by atoms with E-state index < -0.39 is 5.69 Å². The summed E-state index contributed by atoms with van der Waals surface area (Å²) in [6, 6.07) is 0. The van der Waals surface area contributed by atoms with Gasteiger partial charge in [0.2, 0.25) is 0 Å². The molecule has 2 aromatic rings. The van der Waals surface area contributed by atoms with Gasteiger partial charge in [0.05, 0.1) is 0 Å². The fraction of sp³-hybridized carbons (Fsp3) is 0.731. The average molecular weight is 511 g/mol. The Kier molecular flexibility index (Phi) is 13.7. The molecule has 1 N–H and O–H groups in total. The van der Waals surface area contributed by atoms with E-state index in [4.69, 9.17) is 11.6 Å². The summed E-state index contributed by atoms with van der Waals surface area (Å²) in [7, 11) is 1.64. The van der Waals surface area contributed by atoms with Gasteiger partial charge in [-0.15, -0.1) is 0 Å². The van der Waals surface area contributed by atoms with E-state index in [2.05, 4.69) is 16.9 Å². The van der Waals surface area contributed by atoms with Crippen LogP contribution in [0.25, 0.3) is 11.2 Å². The van der Waals surface area contributed by atoms with Gasteiger partial charge < -0.3 is 4.57 Å². The van der Waals surface area contributed by atoms with Crippen LogP contribution in [-0.4, -0.2) is 24.9 Å². The third-order valence-corrected chi connectivity index (χ3v) is 7.34. The molecule has 0 bridgehead atoms. The summed E-state index contributed by atoms with van der Waals surface area (Å²) < 4.78 is 3.38. The SMILES string of the molecule is CCCCCCCCCCCCCCCCn1c(SCC=C(C)Cl)nc2c1c(=O)[nH]c(=O)n2C. The third kappa shape index (κ3) is 9.65. The highest BCUT2D eigenvalue weighted by atomic mass is 35.5. The van der Waals surface area contributed by atoms with E-state index >= 15 is 0 Å². The molecule has 192 valence electrons. The number of hydrogen-bond donors (Lipinski definition) is 1. The van der Waals surface area contributed by atoms with Crippen molar-refractivity contribution in [3.05, 3.63) is 31.9 Å². The molecule has 2 rings (SSSR count). The summed E-state index contributed by atoms with van der Waals surface area (Å²) in [5.74, 6) is 0.670. The van der Waals surface area contributed by atoms with E-state index in [1.165, 1.54) is 93.4 Å². The van der Waals surface area contributed by atoms with Gasteiger partial charge in [-0.05, 0) is 13.3 Å². The van der Waals surface area contributed by atoms with E-state index in [9.17, 15) is 9.59 Å². The van der Waals surface area contributed by atoms with Gasteiger partial charge in [-0.2, -0.15) is 0 Å². The zero-order valence-electron chi connectivity index (χ0n) is 21.3. The van der Waals surface area contributed by atoms with Crippen LogP contribution >= 0.6 is 23.4 Å². The average Bonchev–Trinajstić information content (AvgIpc) is 3.16. The number of hydrogen-bond acceptors (Lipinski definition) is 4. The smallest absolute Gasteiger partial charge is 0.313 e. The Morgan fingerprint density at radius 3 is 2.00 bits per heavy atom. The number of thioether (sulfide) groups is 1. The fourth-order valence-corrected chi connectivity index (χ4v) is 5.37. The van der Waals surface area contributed by atoms with Gasteiger partial charge in [0.25, 0.3) is 5.56 Å². The Balaban J connectivity index is 1.77. The van der Waals surface area contributed by atoms with Crippen LogP contribution in [0.2, 0.25) is 0 Å². The number of nitrogens with one attached hydrogen (secondary N) is 1. The van der Waals surface area contributed by atoms with E-state index in [1.54, 1.807) is 7.05 Å². The summed E-state index contributed by atoms with van der Waals surface area (Å²) >= 11 is 7.49. The molecule has 0 aliphatic heterocycles. The molecule has 0 spiro atoms. The standard InChI is InChI=1S/C26H43ClN4O2S/c1-4-5-6-7-8-9-10-11-12-13-14-15-16-17-19-31-22-23(30(3)25(33)29-24(22)32)28-26(31)34-20-18-21(2)27/h18H,4-17,19-20H2,1-3H3,(H,29,32,33). The molecule has 0 atom stereocenters. The minimum absolute atomic E-state index is 0.369. The zero-order valence-corrected chi connectivity index (χ0v) is 22.9. The Hall–Kier alpha value is -1.47. The molecule has 2 heterocycles. The molecule has 6 nitrogen and oxygen atoms in total. The van der Waals surface area contributed by atoms with Crippen molar-refractivity contribution in [2.75, 3.05) is 5.75 Å². The minimum Gasteiger partial charge on any atom is -0.313 e. The number of H-pyrrole nitrogens is 1. The van der Waals surface area contributed by atoms with Gasteiger partial charge in [-0.3, -0.25) is 14.3 Å². The van der Waals surface area contributed by atoms with Crippen LogP contribution in [0.1, 0.15) is 104 Å². The van der Waals surface area contributed by atoms with E-state index in [1.807, 2.05) is 17.6 Å². The molecule has 0 saturated carbocycles. The Morgan fingerprint density at radius 1 is 0.941 bits per heavy atom. The second-order valence-electron chi connectivity index (χ2n) is 9.23. The van der Waals surface area contributed by atoms with Crippen LogP contribution < -0.4 is 11.2 Å². The van der Waals surface area contributed by atoms with Crippen molar-refractivity contribution in [3.8, 4) is 0 Å². The lowest BCUT2D eigenvalue weighted by Gasteiger charge is -2.08. The molecule has 34 heavy (non-hydrogen) atoms. The summed E-state index contributed by atoms with van der Waals surface area (Å²) in [4.78, 5) is 31.6. The van der Waals surface area contributed by atoms with E-state index in [0.29, 0.717) is 16.9 Å². The van der Waals surface area contributed by atoms with Crippen LogP contribution in [0.5, 0.6) is 0 Å². The number of imidazole rings is 1. The molecule has 2 aromatic heterocycles. The molecule has 0 aromatic carbocycles. The normalized spacial score (nSPS) is 12.2. The van der Waals surface area contributed by atoms with Crippen LogP contribution in [0, 0.1) is 0 Å². The molecular weight excluding hydrogens is 468 g/mol. The first-order chi connectivity index (χ1) is 16.5. The lowest BCUT2D eigenvalue weighted by molar-refractivity contribution is 0.519. The molecule has 0 aliphatic carbocycles. The lowest BCUT2D eigenvalue weighted by atomic mass is 10.0. The molecule has 0 aliphatic rings. The lowest BCUT2D eigenvalue weighted by Crippen LogP contribution is -2.29. The van der Waals surface area contributed by atoms with Crippen molar-refractivity contribution in [1.29, 1.82) is 0 Å². The quantitative estimate of drug-likeness (QED) is 0.171. The molecule has 8 heteroatoms. The second-order valence-corrected chi connectivity index (χ2v) is 10.8. The molecule has 0 saturated heterocycles. The van der Waals surface area contributed by atoms with E-state index in [-0.39, 0.29) is 5.56 Å². The predicted molar refractivity (Wildman–Crippen MR) is 146 cm³/mol. The maximum absolute atomic E-state index is 12.5. The largest absolute Gasteiger partial charge is 0.329 e. The number of aromatic nitrogens is 4. The van der Waals surface area contributed by atoms with Crippen molar-refractivity contribution in [3.63, 3.8) is 0 Å². The number of aryl methyl sites for hydroxylation is 2. The van der Waals surface area contributed by atoms with Crippen molar-refractivity contribution < 1.29 is 0 Å². The maximum atomic E-state index is 12.5. The number of unbranched alkanes of at least 4 members (excludes halogenated alkanes) is 13. The number of aromatic amines is 1. The van der Waals surface area contributed by atoms with Crippen molar-refractivity contribution in [2.24, 2.45) is 7.05 Å². The number of nitrogens with zero attached hydrogens (tertiary/aromatic N) is 3. The monoisotopic (exact) mass is 510 g/mol. The molecule has 0 amide bonds. The van der Waals surface area contributed by atoms with Gasteiger partial charge >= 0.3 is 5.69 Å². The number of rotatable bonds is 18. The summed E-state index contributed by atoms with van der Waals surface area (Å²) in [5, 5.41) is 1.48. The Morgan fingerprint density at radius 2 is 1.47 bits per heavy atom. The summed E-state index contributed by atoms with van der Waals surface area (Å²) in [6.07, 6.45) is 20.3. The summed E-state index contributed by atoms with van der Waals surface area (Å²) in [5.41, 5.74) is 0.109. The van der Waals surface area contributed by atoms with Crippen molar-refractivity contribution in [2.45, 2.75) is 115 Å². The number of fused-ring (bicyclic) bond motifs is 1. The first kappa shape index (κ1) is 28.8. The molecule has 0 radical (unpaired) electrons. The van der Waals surface area contributed by atoms with Crippen LogP contribution in [-0.2, 0) is 13.6 Å².